The molecule has 0 saturated heterocycles. The van der Waals surface area contributed by atoms with E-state index in [0.717, 1.165) is 0 Å². The molecule has 0 aromatic heterocycles. The molecule has 2 N–H and O–H groups in total. The molecule has 0 radical (unpaired) electrons. The Hall–Kier alpha value is -1.62. The summed E-state index contributed by atoms with van der Waals surface area (Å²) in [6.45, 7) is 0. The molecule has 2 aromatic carbocycles. The van der Waals surface area contributed by atoms with Crippen LogP contribution in [0.5, 0.6) is 11.5 Å². The van der Waals surface area contributed by atoms with E-state index in [1.54, 1.807) is 30.3 Å². The van der Waals surface area contributed by atoms with Gasteiger partial charge in [-0.15, -0.1) is 0 Å². The molecule has 110 valence electrons. The Balaban J connectivity index is 2.14. The van der Waals surface area contributed by atoms with E-state index >= 15 is 0 Å². The molecule has 0 aliphatic rings. The minimum absolute atomic E-state index is 0.127. The van der Waals surface area contributed by atoms with E-state index in [4.69, 9.17) is 39.5 Å². The van der Waals surface area contributed by atoms with Crippen LogP contribution in [-0.2, 0) is 0 Å². The van der Waals surface area contributed by atoms with Crippen molar-refractivity contribution in [3.8, 4) is 11.5 Å². The molecule has 0 bridgehead atoms. The highest BCUT2D eigenvalue weighted by Crippen LogP contribution is 2.35. The number of hydrazone groups is 1. The fraction of sp³-hybridized carbons (Fsp3) is 0.0714. The molecular weight excluding hydrogens is 335 g/mol. The van der Waals surface area contributed by atoms with Crippen LogP contribution < -0.4 is 10.2 Å². The standard InChI is InChI=1S/C14H11Cl3N2O2/c1-21-12-5-2-8(13(17)14(12)20)7-18-19-9-3-4-10(15)11(16)6-9/h2-7,19-20H,1H3. The third-order valence-corrected chi connectivity index (χ3v) is 3.78. The Morgan fingerprint density at radius 3 is 2.57 bits per heavy atom. The van der Waals surface area contributed by atoms with Crippen molar-refractivity contribution >= 4 is 46.7 Å². The van der Waals surface area contributed by atoms with E-state index in [1.165, 1.54) is 13.3 Å². The molecule has 0 heterocycles. The maximum atomic E-state index is 9.79. The number of hydrogen-bond acceptors (Lipinski definition) is 4. The second-order valence-corrected chi connectivity index (χ2v) is 5.21. The molecule has 0 spiro atoms. The Labute approximate surface area is 136 Å². The monoisotopic (exact) mass is 344 g/mol. The number of anilines is 1. The lowest BCUT2D eigenvalue weighted by Crippen LogP contribution is -1.93. The summed E-state index contributed by atoms with van der Waals surface area (Å²) in [7, 11) is 1.45. The zero-order valence-electron chi connectivity index (χ0n) is 10.9. The van der Waals surface area contributed by atoms with Crippen molar-refractivity contribution in [1.82, 2.24) is 0 Å². The zero-order chi connectivity index (χ0) is 15.4. The number of hydrogen-bond donors (Lipinski definition) is 2. The molecular formula is C14H11Cl3N2O2. The number of halogens is 3. The van der Waals surface area contributed by atoms with Gasteiger partial charge in [-0.1, -0.05) is 34.8 Å². The number of rotatable bonds is 4. The average molecular weight is 346 g/mol. The van der Waals surface area contributed by atoms with Gasteiger partial charge in [0.25, 0.3) is 0 Å². The molecule has 0 atom stereocenters. The van der Waals surface area contributed by atoms with Crippen molar-refractivity contribution in [2.24, 2.45) is 5.10 Å². The molecule has 0 aliphatic heterocycles. The van der Waals surface area contributed by atoms with Crippen LogP contribution in [0.25, 0.3) is 0 Å². The highest BCUT2D eigenvalue weighted by Gasteiger charge is 2.09. The molecule has 0 fully saturated rings. The van der Waals surface area contributed by atoms with Gasteiger partial charge in [0.2, 0.25) is 0 Å². The van der Waals surface area contributed by atoms with Gasteiger partial charge in [0, 0.05) is 5.56 Å². The number of phenolic OH excluding ortho intramolecular Hbond substituents is 1. The zero-order valence-corrected chi connectivity index (χ0v) is 13.2. The Kier molecular flexibility index (Phi) is 5.17. The minimum Gasteiger partial charge on any atom is -0.503 e. The first-order chi connectivity index (χ1) is 10.0. The van der Waals surface area contributed by atoms with Crippen LogP contribution in [0.4, 0.5) is 5.69 Å². The molecule has 2 aromatic rings. The molecule has 21 heavy (non-hydrogen) atoms. The lowest BCUT2D eigenvalue weighted by Gasteiger charge is -2.07. The van der Waals surface area contributed by atoms with E-state index in [0.29, 0.717) is 27.0 Å². The Bertz CT molecular complexity index is 690. The maximum Gasteiger partial charge on any atom is 0.177 e. The molecule has 4 nitrogen and oxygen atoms in total. The first-order valence-corrected chi connectivity index (χ1v) is 6.96. The van der Waals surface area contributed by atoms with Gasteiger partial charge in [0.15, 0.2) is 11.5 Å². The topological polar surface area (TPSA) is 53.8 Å². The third kappa shape index (κ3) is 3.73. The largest absolute Gasteiger partial charge is 0.503 e. The van der Waals surface area contributed by atoms with E-state index < -0.39 is 0 Å². The average Bonchev–Trinajstić information content (AvgIpc) is 2.47. The summed E-state index contributed by atoms with van der Waals surface area (Å²) in [6.07, 6.45) is 1.48. The fourth-order valence-electron chi connectivity index (χ4n) is 1.57. The summed E-state index contributed by atoms with van der Waals surface area (Å²) in [4.78, 5) is 0. The summed E-state index contributed by atoms with van der Waals surface area (Å²) in [5.74, 6) is 0.173. The number of ether oxygens (including phenoxy) is 1. The maximum absolute atomic E-state index is 9.79. The lowest BCUT2D eigenvalue weighted by molar-refractivity contribution is 0.373. The predicted octanol–water partition coefficient (Wildman–Crippen LogP) is 4.81. The number of methoxy groups -OCH3 is 1. The van der Waals surface area contributed by atoms with E-state index in [9.17, 15) is 5.11 Å². The summed E-state index contributed by atoms with van der Waals surface area (Å²) in [6, 6.07) is 8.32. The van der Waals surface area contributed by atoms with E-state index in [-0.39, 0.29) is 10.8 Å². The first-order valence-electron chi connectivity index (χ1n) is 5.82. The van der Waals surface area contributed by atoms with E-state index in [2.05, 4.69) is 10.5 Å². The number of nitrogens with one attached hydrogen (secondary N) is 1. The van der Waals surface area contributed by atoms with Crippen LogP contribution in [0.3, 0.4) is 0 Å². The smallest absolute Gasteiger partial charge is 0.177 e. The quantitative estimate of drug-likeness (QED) is 0.618. The van der Waals surface area contributed by atoms with Crippen molar-refractivity contribution in [2.75, 3.05) is 12.5 Å². The van der Waals surface area contributed by atoms with Gasteiger partial charge >= 0.3 is 0 Å². The van der Waals surface area contributed by atoms with Crippen LogP contribution in [0.2, 0.25) is 15.1 Å². The Morgan fingerprint density at radius 1 is 1.14 bits per heavy atom. The van der Waals surface area contributed by atoms with Crippen LogP contribution in [0, 0.1) is 0 Å². The lowest BCUT2D eigenvalue weighted by atomic mass is 10.2. The summed E-state index contributed by atoms with van der Waals surface area (Å²) < 4.78 is 4.96. The van der Waals surface area contributed by atoms with Crippen molar-refractivity contribution in [2.45, 2.75) is 0 Å². The van der Waals surface area contributed by atoms with E-state index in [1.807, 2.05) is 0 Å². The normalized spacial score (nSPS) is 10.9. The molecule has 7 heteroatoms. The first kappa shape index (κ1) is 15.8. The predicted molar refractivity (Wildman–Crippen MR) is 87.3 cm³/mol. The SMILES string of the molecule is COc1ccc(C=NNc2ccc(Cl)c(Cl)c2)c(Cl)c1O. The third-order valence-electron chi connectivity index (χ3n) is 2.65. The van der Waals surface area contributed by atoms with Crippen molar-refractivity contribution in [3.63, 3.8) is 0 Å². The van der Waals surface area contributed by atoms with Gasteiger partial charge in [0.1, 0.15) is 0 Å². The molecule has 0 unspecified atom stereocenters. The van der Waals surface area contributed by atoms with Crippen molar-refractivity contribution < 1.29 is 9.84 Å². The molecule has 0 amide bonds. The second kappa shape index (κ2) is 6.89. The van der Waals surface area contributed by atoms with Crippen LogP contribution in [0.15, 0.2) is 35.4 Å². The van der Waals surface area contributed by atoms with Gasteiger partial charge in [-0.3, -0.25) is 5.43 Å². The van der Waals surface area contributed by atoms with Gasteiger partial charge in [-0.05, 0) is 30.3 Å². The second-order valence-electron chi connectivity index (χ2n) is 4.02. The summed E-state index contributed by atoms with van der Waals surface area (Å²) in [5, 5.41) is 14.9. The Morgan fingerprint density at radius 2 is 1.90 bits per heavy atom. The number of aromatic hydroxyl groups is 1. The van der Waals surface area contributed by atoms with Crippen molar-refractivity contribution in [1.29, 1.82) is 0 Å². The number of phenols is 1. The van der Waals surface area contributed by atoms with Crippen LogP contribution in [-0.4, -0.2) is 18.4 Å². The van der Waals surface area contributed by atoms with Gasteiger partial charge < -0.3 is 9.84 Å². The number of benzene rings is 2. The highest BCUT2D eigenvalue weighted by molar-refractivity contribution is 6.42. The molecule has 2 rings (SSSR count). The highest BCUT2D eigenvalue weighted by atomic mass is 35.5. The van der Waals surface area contributed by atoms with Gasteiger partial charge in [0.05, 0.1) is 34.1 Å². The van der Waals surface area contributed by atoms with Gasteiger partial charge in [-0.2, -0.15) is 5.10 Å². The van der Waals surface area contributed by atoms with Crippen LogP contribution >= 0.6 is 34.8 Å². The summed E-state index contributed by atoms with van der Waals surface area (Å²) >= 11 is 17.7. The minimum atomic E-state index is -0.127. The number of nitrogens with zero attached hydrogens (tertiary/aromatic N) is 1. The fourth-order valence-corrected chi connectivity index (χ4v) is 2.07. The molecule has 0 aliphatic carbocycles. The van der Waals surface area contributed by atoms with Gasteiger partial charge in [-0.25, -0.2) is 0 Å². The van der Waals surface area contributed by atoms with Crippen molar-refractivity contribution in [3.05, 3.63) is 51.0 Å². The summed E-state index contributed by atoms with van der Waals surface area (Å²) in [5.41, 5.74) is 4.01. The molecule has 0 saturated carbocycles. The van der Waals surface area contributed by atoms with Crippen LogP contribution in [0.1, 0.15) is 5.56 Å².